The summed E-state index contributed by atoms with van der Waals surface area (Å²) in [7, 11) is 1.91. The van der Waals surface area contributed by atoms with Gasteiger partial charge in [0.15, 0.2) is 0 Å². The van der Waals surface area contributed by atoms with Crippen LogP contribution < -0.4 is 5.32 Å². The van der Waals surface area contributed by atoms with E-state index in [1.165, 1.54) is 0 Å². The first-order chi connectivity index (χ1) is 10.3. The lowest BCUT2D eigenvalue weighted by atomic mass is 9.97. The molecule has 2 atom stereocenters. The topological polar surface area (TPSA) is 75.8 Å². The molecular formula is C15H17N5O. The van der Waals surface area contributed by atoms with E-state index in [-0.39, 0.29) is 6.10 Å². The summed E-state index contributed by atoms with van der Waals surface area (Å²) in [4.78, 5) is 4.23. The lowest BCUT2D eigenvalue weighted by Crippen LogP contribution is -2.18. The first-order valence-electron chi connectivity index (χ1n) is 6.96. The first-order valence-corrected chi connectivity index (χ1v) is 6.96. The van der Waals surface area contributed by atoms with Crippen LogP contribution >= 0.6 is 0 Å². The maximum Gasteiger partial charge on any atom is 0.127 e. The summed E-state index contributed by atoms with van der Waals surface area (Å²) in [5.74, 6) is 1.10. The van der Waals surface area contributed by atoms with E-state index >= 15 is 0 Å². The number of anilines is 1. The molecule has 21 heavy (non-hydrogen) atoms. The summed E-state index contributed by atoms with van der Waals surface area (Å²) in [5, 5.41) is 16.4. The van der Waals surface area contributed by atoms with E-state index in [0.29, 0.717) is 11.5 Å². The number of nitriles is 1. The highest BCUT2D eigenvalue weighted by Gasteiger charge is 2.30. The van der Waals surface area contributed by atoms with E-state index in [1.54, 1.807) is 23.0 Å². The van der Waals surface area contributed by atoms with Gasteiger partial charge < -0.3 is 10.1 Å². The van der Waals surface area contributed by atoms with E-state index in [4.69, 9.17) is 10.00 Å². The van der Waals surface area contributed by atoms with Crippen LogP contribution in [0.2, 0.25) is 0 Å². The third-order valence-corrected chi connectivity index (χ3v) is 3.70. The van der Waals surface area contributed by atoms with Gasteiger partial charge in [-0.2, -0.15) is 10.4 Å². The second-order valence-electron chi connectivity index (χ2n) is 5.21. The Morgan fingerprint density at radius 1 is 1.57 bits per heavy atom. The van der Waals surface area contributed by atoms with E-state index in [0.717, 1.165) is 31.0 Å². The Bertz CT molecular complexity index is 660. The van der Waals surface area contributed by atoms with Crippen LogP contribution in [0.5, 0.6) is 0 Å². The average Bonchev–Trinajstić information content (AvgIpc) is 3.13. The van der Waals surface area contributed by atoms with Crippen molar-refractivity contribution < 1.29 is 4.74 Å². The molecule has 0 radical (unpaired) electrons. The highest BCUT2D eigenvalue weighted by Crippen LogP contribution is 2.34. The molecule has 0 aliphatic carbocycles. The van der Waals surface area contributed by atoms with E-state index in [9.17, 15) is 0 Å². The van der Waals surface area contributed by atoms with Gasteiger partial charge in [-0.05, 0) is 18.6 Å². The van der Waals surface area contributed by atoms with Crippen molar-refractivity contribution >= 4 is 5.82 Å². The minimum absolute atomic E-state index is 0.0744. The lowest BCUT2D eigenvalue weighted by molar-refractivity contribution is 0.0932. The standard InChI is InChI=1S/C15H17N5O/c1-20-10-13(9-19-20)15-12(3-5-21-15)8-18-14-6-11(7-16)2-4-17-14/h2,4,6,9-10,12,15H,3,5,8H2,1H3,(H,17,18)/t12-,15+/m0/s1. The number of pyridine rings is 1. The number of nitrogens with zero attached hydrogens (tertiary/aromatic N) is 4. The molecule has 6 heteroatoms. The van der Waals surface area contributed by atoms with Gasteiger partial charge in [0.25, 0.3) is 0 Å². The van der Waals surface area contributed by atoms with Gasteiger partial charge in [0.05, 0.1) is 23.9 Å². The molecule has 1 fully saturated rings. The molecule has 3 heterocycles. The summed E-state index contributed by atoms with van der Waals surface area (Å²) in [6.07, 6.45) is 6.58. The lowest BCUT2D eigenvalue weighted by Gasteiger charge is -2.18. The summed E-state index contributed by atoms with van der Waals surface area (Å²) < 4.78 is 7.62. The molecule has 6 nitrogen and oxygen atoms in total. The van der Waals surface area contributed by atoms with E-state index in [1.807, 2.05) is 19.4 Å². The zero-order valence-electron chi connectivity index (χ0n) is 11.9. The molecule has 0 amide bonds. The second kappa shape index (κ2) is 5.94. The molecule has 2 aromatic heterocycles. The molecule has 0 saturated carbocycles. The van der Waals surface area contributed by atoms with Crippen LogP contribution in [0.3, 0.4) is 0 Å². The largest absolute Gasteiger partial charge is 0.373 e. The van der Waals surface area contributed by atoms with Crippen molar-refractivity contribution in [1.82, 2.24) is 14.8 Å². The maximum atomic E-state index is 8.90. The summed E-state index contributed by atoms with van der Waals surface area (Å²) in [6, 6.07) is 5.57. The Hall–Kier alpha value is -2.39. The molecule has 0 aromatic carbocycles. The molecule has 0 spiro atoms. The fraction of sp³-hybridized carbons (Fsp3) is 0.400. The number of nitrogens with one attached hydrogen (secondary N) is 1. The van der Waals surface area contributed by atoms with Crippen molar-refractivity contribution in [2.24, 2.45) is 13.0 Å². The predicted molar refractivity (Wildman–Crippen MR) is 77.4 cm³/mol. The predicted octanol–water partition coefficient (Wildman–Crippen LogP) is 1.88. The van der Waals surface area contributed by atoms with E-state index < -0.39 is 0 Å². The molecule has 1 aliphatic rings. The number of aromatic nitrogens is 3. The summed E-state index contributed by atoms with van der Waals surface area (Å²) in [5.41, 5.74) is 1.72. The van der Waals surface area contributed by atoms with Crippen molar-refractivity contribution in [2.45, 2.75) is 12.5 Å². The van der Waals surface area contributed by atoms with Crippen LogP contribution in [-0.4, -0.2) is 27.9 Å². The Balaban J connectivity index is 1.65. The molecule has 1 aliphatic heterocycles. The Morgan fingerprint density at radius 3 is 3.24 bits per heavy atom. The molecule has 108 valence electrons. The van der Waals surface area contributed by atoms with Gasteiger partial charge in [0.1, 0.15) is 5.82 Å². The Morgan fingerprint density at radius 2 is 2.48 bits per heavy atom. The van der Waals surface area contributed by atoms with Crippen molar-refractivity contribution in [3.05, 3.63) is 41.9 Å². The smallest absolute Gasteiger partial charge is 0.127 e. The number of aryl methyl sites for hydroxylation is 1. The highest BCUT2D eigenvalue weighted by atomic mass is 16.5. The molecule has 1 N–H and O–H groups in total. The number of hydrogen-bond acceptors (Lipinski definition) is 5. The third-order valence-electron chi connectivity index (χ3n) is 3.70. The van der Waals surface area contributed by atoms with Crippen LogP contribution in [0.1, 0.15) is 23.7 Å². The quantitative estimate of drug-likeness (QED) is 0.927. The SMILES string of the molecule is Cn1cc([C@@H]2OCC[C@H]2CNc2cc(C#N)ccn2)cn1. The number of ether oxygens (including phenoxy) is 1. The van der Waals surface area contributed by atoms with Crippen LogP contribution in [0, 0.1) is 17.2 Å². The summed E-state index contributed by atoms with van der Waals surface area (Å²) >= 11 is 0. The van der Waals surface area contributed by atoms with Gasteiger partial charge >= 0.3 is 0 Å². The first kappa shape index (κ1) is 13.6. The Kier molecular flexibility index (Phi) is 3.84. The van der Waals surface area contributed by atoms with Gasteiger partial charge in [-0.15, -0.1) is 0 Å². The third kappa shape index (κ3) is 3.03. The highest BCUT2D eigenvalue weighted by molar-refractivity contribution is 5.42. The minimum Gasteiger partial charge on any atom is -0.373 e. The molecular weight excluding hydrogens is 266 g/mol. The maximum absolute atomic E-state index is 8.90. The Labute approximate surface area is 123 Å². The van der Waals surface area contributed by atoms with Crippen LogP contribution in [0.15, 0.2) is 30.7 Å². The monoisotopic (exact) mass is 283 g/mol. The molecule has 1 saturated heterocycles. The van der Waals surface area contributed by atoms with Crippen molar-refractivity contribution in [1.29, 1.82) is 5.26 Å². The van der Waals surface area contributed by atoms with Gasteiger partial charge in [0, 0.05) is 44.1 Å². The van der Waals surface area contributed by atoms with Gasteiger partial charge in [0.2, 0.25) is 0 Å². The van der Waals surface area contributed by atoms with Crippen LogP contribution in [-0.2, 0) is 11.8 Å². The van der Waals surface area contributed by atoms with E-state index in [2.05, 4.69) is 21.5 Å². The molecule has 0 unspecified atom stereocenters. The molecule has 3 rings (SSSR count). The fourth-order valence-electron chi connectivity index (χ4n) is 2.63. The number of rotatable bonds is 4. The zero-order chi connectivity index (χ0) is 14.7. The van der Waals surface area contributed by atoms with Gasteiger partial charge in [-0.3, -0.25) is 4.68 Å². The summed E-state index contributed by atoms with van der Waals surface area (Å²) in [6.45, 7) is 1.53. The normalized spacial score (nSPS) is 21.1. The average molecular weight is 283 g/mol. The van der Waals surface area contributed by atoms with Crippen molar-refractivity contribution in [3.63, 3.8) is 0 Å². The molecule has 2 aromatic rings. The number of hydrogen-bond donors (Lipinski definition) is 1. The van der Waals surface area contributed by atoms with Gasteiger partial charge in [-0.25, -0.2) is 4.98 Å². The van der Waals surface area contributed by atoms with Crippen LogP contribution in [0.4, 0.5) is 5.82 Å². The van der Waals surface area contributed by atoms with Crippen LogP contribution in [0.25, 0.3) is 0 Å². The molecule has 0 bridgehead atoms. The van der Waals surface area contributed by atoms with Crippen molar-refractivity contribution in [2.75, 3.05) is 18.5 Å². The minimum atomic E-state index is 0.0744. The fourth-order valence-corrected chi connectivity index (χ4v) is 2.63. The zero-order valence-corrected chi connectivity index (χ0v) is 11.9. The second-order valence-corrected chi connectivity index (χ2v) is 5.21. The van der Waals surface area contributed by atoms with Gasteiger partial charge in [-0.1, -0.05) is 0 Å². The van der Waals surface area contributed by atoms with Crippen molar-refractivity contribution in [3.8, 4) is 6.07 Å².